The largest absolute Gasteiger partial charge is 0.469 e. The van der Waals surface area contributed by atoms with Gasteiger partial charge in [-0.05, 0) is 48.6 Å². The maximum absolute atomic E-state index is 13.5. The van der Waals surface area contributed by atoms with Crippen molar-refractivity contribution in [1.82, 2.24) is 4.90 Å². The van der Waals surface area contributed by atoms with Gasteiger partial charge in [0.05, 0.1) is 12.1 Å². The van der Waals surface area contributed by atoms with Crippen LogP contribution in [0, 0.1) is 11.7 Å². The second-order valence-electron chi connectivity index (χ2n) is 8.55. The zero-order chi connectivity index (χ0) is 25.1. The average molecular weight is 500 g/mol. The van der Waals surface area contributed by atoms with E-state index in [1.54, 1.807) is 17.0 Å². The highest BCUT2D eigenvalue weighted by molar-refractivity contribution is 6.33. The lowest BCUT2D eigenvalue weighted by Gasteiger charge is -2.33. The number of rotatable bonds is 6. The van der Waals surface area contributed by atoms with Gasteiger partial charge in [0, 0.05) is 42.1 Å². The lowest BCUT2D eigenvalue weighted by molar-refractivity contribution is -0.144. The van der Waals surface area contributed by atoms with E-state index in [9.17, 15) is 23.6 Å². The Kier molecular flexibility index (Phi) is 7.31. The van der Waals surface area contributed by atoms with Crippen LogP contribution in [0.3, 0.4) is 0 Å². The van der Waals surface area contributed by atoms with E-state index < -0.39 is 17.4 Å². The summed E-state index contributed by atoms with van der Waals surface area (Å²) in [6.07, 6.45) is 2.28. The molecule has 0 saturated carbocycles. The highest BCUT2D eigenvalue weighted by atomic mass is 35.5. The van der Waals surface area contributed by atoms with Gasteiger partial charge in [0.15, 0.2) is 0 Å². The van der Waals surface area contributed by atoms with Crippen molar-refractivity contribution < 1.29 is 27.9 Å². The van der Waals surface area contributed by atoms with Crippen molar-refractivity contribution in [2.24, 2.45) is 5.92 Å². The number of hydrogen-bond acceptors (Lipinski definition) is 6. The van der Waals surface area contributed by atoms with Crippen molar-refractivity contribution in [2.75, 3.05) is 20.2 Å². The van der Waals surface area contributed by atoms with E-state index in [1.807, 2.05) is 0 Å². The van der Waals surface area contributed by atoms with E-state index in [2.05, 4.69) is 0 Å². The summed E-state index contributed by atoms with van der Waals surface area (Å²) in [5.41, 5.74) is 0.793. The van der Waals surface area contributed by atoms with Gasteiger partial charge < -0.3 is 18.8 Å². The summed E-state index contributed by atoms with van der Waals surface area (Å²) in [6.45, 7) is 0.838. The molecule has 0 radical (unpaired) electrons. The number of piperidine rings is 1. The number of likely N-dealkylation sites (tertiary alicyclic amines) is 1. The second kappa shape index (κ2) is 10.4. The quantitative estimate of drug-likeness (QED) is 0.217. The van der Waals surface area contributed by atoms with Gasteiger partial charge >= 0.3 is 11.6 Å². The van der Waals surface area contributed by atoms with Crippen molar-refractivity contribution in [2.45, 2.75) is 25.2 Å². The number of carbonyl (C=O) groups is 3. The van der Waals surface area contributed by atoms with Crippen molar-refractivity contribution in [3.05, 3.63) is 69.3 Å². The molecule has 1 aliphatic heterocycles. The number of ether oxygens (including phenoxy) is 1. The zero-order valence-corrected chi connectivity index (χ0v) is 19.7. The summed E-state index contributed by atoms with van der Waals surface area (Å²) in [5, 5.41) is 0.656. The first-order valence-corrected chi connectivity index (χ1v) is 11.5. The number of carbonyl (C=O) groups excluding carboxylic acids is 3. The first-order valence-electron chi connectivity index (χ1n) is 11.1. The second-order valence-corrected chi connectivity index (χ2v) is 8.95. The van der Waals surface area contributed by atoms with Crippen molar-refractivity contribution in [1.29, 1.82) is 0 Å². The van der Waals surface area contributed by atoms with Gasteiger partial charge in [-0.1, -0.05) is 23.7 Å². The minimum absolute atomic E-state index is 0.0370. The Hall–Kier alpha value is -3.52. The lowest BCUT2D eigenvalue weighted by atomic mass is 9.91. The van der Waals surface area contributed by atoms with E-state index in [4.69, 9.17) is 20.8 Å². The van der Waals surface area contributed by atoms with E-state index in [0.717, 1.165) is 12.5 Å². The molecule has 2 atom stereocenters. The SMILES string of the molecule is COC(=O)C[C@H]1CCCN(C(=O)[C@@H](C=O)c2ccc3c(-c4ccc(F)cc4Cl)cc(=O)oc3c2)C1. The molecular weight excluding hydrogens is 477 g/mol. The maximum Gasteiger partial charge on any atom is 0.336 e. The van der Waals surface area contributed by atoms with E-state index in [-0.39, 0.29) is 34.8 Å². The molecule has 3 aromatic rings. The van der Waals surface area contributed by atoms with Gasteiger partial charge in [0.2, 0.25) is 5.91 Å². The van der Waals surface area contributed by atoms with Crippen LogP contribution in [0.15, 0.2) is 51.7 Å². The third-order valence-electron chi connectivity index (χ3n) is 6.26. The van der Waals surface area contributed by atoms with Crippen LogP contribution in [-0.4, -0.2) is 43.3 Å². The van der Waals surface area contributed by atoms with Crippen LogP contribution < -0.4 is 5.63 Å². The number of amides is 1. The van der Waals surface area contributed by atoms with Gasteiger partial charge in [-0.25, -0.2) is 9.18 Å². The van der Waals surface area contributed by atoms with Gasteiger partial charge in [-0.2, -0.15) is 0 Å². The van der Waals surface area contributed by atoms with Crippen LogP contribution >= 0.6 is 11.6 Å². The molecule has 1 aromatic heterocycles. The van der Waals surface area contributed by atoms with Crippen LogP contribution in [0.25, 0.3) is 22.1 Å². The van der Waals surface area contributed by atoms with Crippen LogP contribution in [0.2, 0.25) is 5.02 Å². The maximum atomic E-state index is 13.5. The molecule has 7 nitrogen and oxygen atoms in total. The summed E-state index contributed by atoms with van der Waals surface area (Å²) >= 11 is 6.20. The molecule has 4 rings (SSSR count). The smallest absolute Gasteiger partial charge is 0.336 e. The predicted octanol–water partition coefficient (Wildman–Crippen LogP) is 4.34. The Morgan fingerprint density at radius 1 is 1.23 bits per heavy atom. The summed E-state index contributed by atoms with van der Waals surface area (Å²) < 4.78 is 23.6. The van der Waals surface area contributed by atoms with Crippen LogP contribution in [0.1, 0.15) is 30.7 Å². The molecule has 1 amide bonds. The van der Waals surface area contributed by atoms with Crippen molar-refractivity contribution >= 4 is 40.7 Å². The normalized spacial score (nSPS) is 16.7. The zero-order valence-electron chi connectivity index (χ0n) is 19.0. The van der Waals surface area contributed by atoms with Gasteiger partial charge in [-0.15, -0.1) is 0 Å². The number of halogens is 2. The molecule has 0 bridgehead atoms. The fraction of sp³-hybridized carbons (Fsp3) is 0.308. The number of aldehydes is 1. The monoisotopic (exact) mass is 499 g/mol. The van der Waals surface area contributed by atoms with Gasteiger partial charge in [-0.3, -0.25) is 9.59 Å². The molecule has 9 heteroatoms. The number of methoxy groups -OCH3 is 1. The predicted molar refractivity (Wildman–Crippen MR) is 128 cm³/mol. The molecule has 2 heterocycles. The average Bonchev–Trinajstić information content (AvgIpc) is 2.84. The molecule has 1 aliphatic rings. The fourth-order valence-electron chi connectivity index (χ4n) is 4.53. The molecule has 2 aromatic carbocycles. The van der Waals surface area contributed by atoms with Gasteiger partial charge in [0.25, 0.3) is 0 Å². The minimum Gasteiger partial charge on any atom is -0.469 e. The highest BCUT2D eigenvalue weighted by Crippen LogP contribution is 2.34. The number of nitrogens with zero attached hydrogens (tertiary/aromatic N) is 1. The number of esters is 1. The molecule has 1 fully saturated rings. The van der Waals surface area contributed by atoms with Crippen LogP contribution in [-0.2, 0) is 19.1 Å². The van der Waals surface area contributed by atoms with E-state index in [0.29, 0.717) is 47.9 Å². The van der Waals surface area contributed by atoms with E-state index in [1.165, 1.54) is 31.4 Å². The standard InChI is InChI=1S/C26H23ClFNO6/c1-34-24(31)9-15-3-2-8-29(13-15)26(33)21(14-30)16-4-6-19-20(12-25(32)35-23(19)10-16)18-7-5-17(28)11-22(18)27/h4-7,10-12,14-15,21H,2-3,8-9,13H2,1H3/t15-,21+/m1/s1. The Morgan fingerprint density at radius 3 is 2.74 bits per heavy atom. The fourth-order valence-corrected chi connectivity index (χ4v) is 4.80. The Morgan fingerprint density at radius 2 is 2.03 bits per heavy atom. The third-order valence-corrected chi connectivity index (χ3v) is 6.58. The summed E-state index contributed by atoms with van der Waals surface area (Å²) in [4.78, 5) is 50.7. The third kappa shape index (κ3) is 5.27. The molecule has 1 saturated heterocycles. The molecule has 0 spiro atoms. The highest BCUT2D eigenvalue weighted by Gasteiger charge is 2.31. The molecule has 35 heavy (non-hydrogen) atoms. The number of fused-ring (bicyclic) bond motifs is 1. The first kappa shape index (κ1) is 24.6. The van der Waals surface area contributed by atoms with E-state index >= 15 is 0 Å². The van der Waals surface area contributed by atoms with Gasteiger partial charge in [0.1, 0.15) is 23.6 Å². The molecule has 182 valence electrons. The number of hydrogen-bond donors (Lipinski definition) is 0. The molecule has 0 aliphatic carbocycles. The summed E-state index contributed by atoms with van der Waals surface area (Å²) in [7, 11) is 1.32. The Bertz CT molecular complexity index is 1350. The molecule has 0 unspecified atom stereocenters. The first-order chi connectivity index (χ1) is 16.8. The Labute approximate surface area is 205 Å². The summed E-state index contributed by atoms with van der Waals surface area (Å²) in [5.74, 6) is -2.36. The molecule has 0 N–H and O–H groups in total. The lowest BCUT2D eigenvalue weighted by Crippen LogP contribution is -2.43. The van der Waals surface area contributed by atoms with Crippen LogP contribution in [0.5, 0.6) is 0 Å². The Balaban J connectivity index is 1.66. The van der Waals surface area contributed by atoms with Crippen LogP contribution in [0.4, 0.5) is 4.39 Å². The summed E-state index contributed by atoms with van der Waals surface area (Å²) in [6, 6.07) is 9.88. The topological polar surface area (TPSA) is 93.9 Å². The van der Waals surface area contributed by atoms with Crippen molar-refractivity contribution in [3.8, 4) is 11.1 Å². The van der Waals surface area contributed by atoms with Crippen molar-refractivity contribution in [3.63, 3.8) is 0 Å². The molecular formula is C26H23ClFNO6. The number of benzene rings is 2. The minimum atomic E-state index is -1.10.